The normalized spacial score (nSPS) is 10.0. The lowest BCUT2D eigenvalue weighted by atomic mass is 10.1. The highest BCUT2D eigenvalue weighted by molar-refractivity contribution is 6.09. The van der Waals surface area contributed by atoms with Gasteiger partial charge in [-0.05, 0) is 42.5 Å². The SMILES string of the molecule is COc1ccc(C(=O)Nc2ccc(O)c3ncccc23)cc1OC.Cl. The van der Waals surface area contributed by atoms with E-state index in [9.17, 15) is 9.90 Å². The second-order valence-electron chi connectivity index (χ2n) is 5.06. The highest BCUT2D eigenvalue weighted by atomic mass is 35.5. The van der Waals surface area contributed by atoms with Gasteiger partial charge in [0.05, 0.1) is 19.9 Å². The van der Waals surface area contributed by atoms with Gasteiger partial charge in [-0.1, -0.05) is 0 Å². The molecular weight excluding hydrogens is 344 g/mol. The highest BCUT2D eigenvalue weighted by Crippen LogP contribution is 2.30. The molecule has 1 amide bonds. The van der Waals surface area contributed by atoms with Gasteiger partial charge < -0.3 is 19.9 Å². The lowest BCUT2D eigenvalue weighted by molar-refractivity contribution is 0.102. The van der Waals surface area contributed by atoms with Crippen molar-refractivity contribution in [2.75, 3.05) is 19.5 Å². The maximum absolute atomic E-state index is 12.5. The predicted octanol–water partition coefficient (Wildman–Crippen LogP) is 3.63. The molecular formula is C18H17ClN2O4. The van der Waals surface area contributed by atoms with E-state index in [0.717, 1.165) is 0 Å². The van der Waals surface area contributed by atoms with E-state index in [1.165, 1.54) is 20.3 Å². The van der Waals surface area contributed by atoms with Gasteiger partial charge in [-0.3, -0.25) is 9.78 Å². The van der Waals surface area contributed by atoms with Crippen LogP contribution in [-0.4, -0.2) is 30.2 Å². The summed E-state index contributed by atoms with van der Waals surface area (Å²) < 4.78 is 10.4. The van der Waals surface area contributed by atoms with E-state index < -0.39 is 0 Å². The Morgan fingerprint density at radius 1 is 1.08 bits per heavy atom. The Bertz CT molecular complexity index is 915. The summed E-state index contributed by atoms with van der Waals surface area (Å²) in [5, 5.41) is 13.4. The molecule has 0 spiro atoms. The van der Waals surface area contributed by atoms with Gasteiger partial charge in [-0.25, -0.2) is 0 Å². The summed E-state index contributed by atoms with van der Waals surface area (Å²) in [6.07, 6.45) is 1.59. The average Bonchev–Trinajstić information content (AvgIpc) is 2.63. The van der Waals surface area contributed by atoms with Crippen molar-refractivity contribution < 1.29 is 19.4 Å². The highest BCUT2D eigenvalue weighted by Gasteiger charge is 2.13. The number of rotatable bonds is 4. The van der Waals surface area contributed by atoms with Crippen LogP contribution in [0.2, 0.25) is 0 Å². The van der Waals surface area contributed by atoms with Crippen molar-refractivity contribution in [3.8, 4) is 17.2 Å². The number of nitrogens with zero attached hydrogens (tertiary/aromatic N) is 1. The Hall–Kier alpha value is -2.99. The monoisotopic (exact) mass is 360 g/mol. The zero-order valence-electron chi connectivity index (χ0n) is 13.6. The summed E-state index contributed by atoms with van der Waals surface area (Å²) in [6.45, 7) is 0. The van der Waals surface area contributed by atoms with Gasteiger partial charge in [0.2, 0.25) is 0 Å². The molecule has 0 bridgehead atoms. The molecule has 0 fully saturated rings. The first-order chi connectivity index (χ1) is 11.6. The third kappa shape index (κ3) is 3.59. The van der Waals surface area contributed by atoms with Crippen LogP contribution < -0.4 is 14.8 Å². The third-order valence-corrected chi connectivity index (χ3v) is 3.64. The molecule has 2 N–H and O–H groups in total. The first-order valence-corrected chi connectivity index (χ1v) is 7.24. The number of ether oxygens (including phenoxy) is 2. The number of methoxy groups -OCH3 is 2. The molecule has 1 heterocycles. The molecule has 0 aliphatic carbocycles. The second-order valence-corrected chi connectivity index (χ2v) is 5.06. The minimum absolute atomic E-state index is 0. The molecule has 3 aromatic rings. The molecule has 6 nitrogen and oxygen atoms in total. The number of fused-ring (bicyclic) bond motifs is 1. The molecule has 0 saturated heterocycles. The van der Waals surface area contributed by atoms with Gasteiger partial charge in [0.1, 0.15) is 11.3 Å². The van der Waals surface area contributed by atoms with Gasteiger partial charge in [0.25, 0.3) is 5.91 Å². The van der Waals surface area contributed by atoms with Crippen LogP contribution >= 0.6 is 12.4 Å². The fourth-order valence-corrected chi connectivity index (χ4v) is 2.44. The molecule has 2 aromatic carbocycles. The van der Waals surface area contributed by atoms with E-state index in [2.05, 4.69) is 10.3 Å². The summed E-state index contributed by atoms with van der Waals surface area (Å²) in [5.74, 6) is 0.789. The molecule has 130 valence electrons. The van der Waals surface area contributed by atoms with Crippen molar-refractivity contribution in [2.45, 2.75) is 0 Å². The molecule has 0 aliphatic heterocycles. The van der Waals surface area contributed by atoms with Crippen LogP contribution in [0.3, 0.4) is 0 Å². The molecule has 25 heavy (non-hydrogen) atoms. The number of benzene rings is 2. The molecule has 0 aliphatic rings. The van der Waals surface area contributed by atoms with Crippen LogP contribution in [0.4, 0.5) is 5.69 Å². The lowest BCUT2D eigenvalue weighted by Crippen LogP contribution is -2.12. The largest absolute Gasteiger partial charge is 0.506 e. The fourth-order valence-electron chi connectivity index (χ4n) is 2.44. The maximum Gasteiger partial charge on any atom is 0.255 e. The van der Waals surface area contributed by atoms with Gasteiger partial charge in [-0.15, -0.1) is 12.4 Å². The van der Waals surface area contributed by atoms with E-state index >= 15 is 0 Å². The summed E-state index contributed by atoms with van der Waals surface area (Å²) in [4.78, 5) is 16.7. The number of amides is 1. The summed E-state index contributed by atoms with van der Waals surface area (Å²) in [5.41, 5.74) is 1.43. The second kappa shape index (κ2) is 7.72. The van der Waals surface area contributed by atoms with E-state index in [1.54, 1.807) is 42.6 Å². The van der Waals surface area contributed by atoms with Crippen molar-refractivity contribution in [3.05, 3.63) is 54.2 Å². The zero-order chi connectivity index (χ0) is 17.1. The van der Waals surface area contributed by atoms with Crippen LogP contribution in [-0.2, 0) is 0 Å². The molecule has 0 unspecified atom stereocenters. The Morgan fingerprint density at radius 2 is 1.84 bits per heavy atom. The van der Waals surface area contributed by atoms with E-state index in [4.69, 9.17) is 9.47 Å². The van der Waals surface area contributed by atoms with Crippen molar-refractivity contribution >= 4 is 34.9 Å². The van der Waals surface area contributed by atoms with Crippen LogP contribution in [0.1, 0.15) is 10.4 Å². The number of hydrogen-bond acceptors (Lipinski definition) is 5. The number of phenols is 1. The van der Waals surface area contributed by atoms with E-state index in [1.807, 2.05) is 0 Å². The van der Waals surface area contributed by atoms with Crippen LogP contribution in [0.5, 0.6) is 17.2 Å². The number of pyridine rings is 1. The maximum atomic E-state index is 12.5. The number of carbonyl (C=O) groups excluding carboxylic acids is 1. The van der Waals surface area contributed by atoms with E-state index in [-0.39, 0.29) is 24.1 Å². The van der Waals surface area contributed by atoms with Crippen molar-refractivity contribution in [1.29, 1.82) is 0 Å². The van der Waals surface area contributed by atoms with Gasteiger partial charge in [0, 0.05) is 17.1 Å². The molecule has 3 rings (SSSR count). The number of hydrogen-bond donors (Lipinski definition) is 2. The van der Waals surface area contributed by atoms with E-state index in [0.29, 0.717) is 33.7 Å². The zero-order valence-corrected chi connectivity index (χ0v) is 14.5. The molecule has 0 atom stereocenters. The molecule has 1 aromatic heterocycles. The standard InChI is InChI=1S/C18H16N2O4.ClH/c1-23-15-8-5-11(10-16(15)24-2)18(22)20-13-6-7-14(21)17-12(13)4-3-9-19-17;/h3-10,21H,1-2H3,(H,20,22);1H. The predicted molar refractivity (Wildman–Crippen MR) is 98.2 cm³/mol. The van der Waals surface area contributed by atoms with Crippen molar-refractivity contribution in [2.24, 2.45) is 0 Å². The Kier molecular flexibility index (Phi) is 5.67. The number of halogens is 1. The van der Waals surface area contributed by atoms with Crippen molar-refractivity contribution in [3.63, 3.8) is 0 Å². The molecule has 0 radical (unpaired) electrons. The number of phenolic OH excluding ortho intramolecular Hbond substituents is 1. The van der Waals surface area contributed by atoms with Crippen molar-refractivity contribution in [1.82, 2.24) is 4.98 Å². The Balaban J connectivity index is 0.00000225. The Labute approximate surface area is 150 Å². The van der Waals surface area contributed by atoms with Crippen LogP contribution in [0, 0.1) is 0 Å². The Morgan fingerprint density at radius 3 is 2.56 bits per heavy atom. The van der Waals surface area contributed by atoms with Crippen LogP contribution in [0.15, 0.2) is 48.7 Å². The first-order valence-electron chi connectivity index (χ1n) is 7.24. The minimum atomic E-state index is -0.299. The number of nitrogens with one attached hydrogen (secondary N) is 1. The van der Waals surface area contributed by atoms with Crippen LogP contribution in [0.25, 0.3) is 10.9 Å². The number of carbonyl (C=O) groups is 1. The number of aromatic nitrogens is 1. The molecule has 0 saturated carbocycles. The summed E-state index contributed by atoms with van der Waals surface area (Å²) in [7, 11) is 3.05. The fraction of sp³-hybridized carbons (Fsp3) is 0.111. The minimum Gasteiger partial charge on any atom is -0.506 e. The third-order valence-electron chi connectivity index (χ3n) is 3.64. The van der Waals surface area contributed by atoms with Gasteiger partial charge in [-0.2, -0.15) is 0 Å². The lowest BCUT2D eigenvalue weighted by Gasteiger charge is -2.11. The first kappa shape index (κ1) is 18.4. The quantitative estimate of drug-likeness (QED) is 0.694. The number of aromatic hydroxyl groups is 1. The molecule has 7 heteroatoms. The smallest absolute Gasteiger partial charge is 0.255 e. The average molecular weight is 361 g/mol. The number of anilines is 1. The summed E-state index contributed by atoms with van der Waals surface area (Å²) in [6, 6.07) is 11.6. The summed E-state index contributed by atoms with van der Waals surface area (Å²) >= 11 is 0. The topological polar surface area (TPSA) is 80.7 Å². The van der Waals surface area contributed by atoms with Gasteiger partial charge >= 0.3 is 0 Å². The van der Waals surface area contributed by atoms with Gasteiger partial charge in [0.15, 0.2) is 11.5 Å².